The summed E-state index contributed by atoms with van der Waals surface area (Å²) in [5, 5.41) is 2.90. The predicted octanol–water partition coefficient (Wildman–Crippen LogP) is 4.49. The second-order valence-corrected chi connectivity index (χ2v) is 10.3. The maximum absolute atomic E-state index is 13.5. The molecule has 1 amide bonds. The van der Waals surface area contributed by atoms with E-state index < -0.39 is 21.9 Å². The summed E-state index contributed by atoms with van der Waals surface area (Å²) < 4.78 is 38.4. The molecule has 2 aromatic carbocycles. The number of ether oxygens (including phenoxy) is 2. The molecule has 8 nitrogen and oxygen atoms in total. The van der Waals surface area contributed by atoms with Crippen LogP contribution < -0.4 is 10.1 Å². The number of hydrogen-bond donors (Lipinski definition) is 1. The molecular weight excluding hydrogens is 480 g/mol. The Bertz CT molecular complexity index is 1110. The molecule has 34 heavy (non-hydrogen) atoms. The maximum atomic E-state index is 13.5. The first-order valence-electron chi connectivity index (χ1n) is 11.2. The van der Waals surface area contributed by atoms with Gasteiger partial charge in [-0.05, 0) is 62.2 Å². The van der Waals surface area contributed by atoms with Gasteiger partial charge in [-0.2, -0.15) is 4.31 Å². The first-order chi connectivity index (χ1) is 16.3. The van der Waals surface area contributed by atoms with Crippen LogP contribution in [-0.4, -0.2) is 50.9 Å². The summed E-state index contributed by atoms with van der Waals surface area (Å²) in [6.07, 6.45) is 4.21. The Hall–Kier alpha value is -2.62. The molecule has 184 valence electrons. The lowest BCUT2D eigenvalue weighted by atomic mass is 9.95. The topological polar surface area (TPSA) is 102 Å². The lowest BCUT2D eigenvalue weighted by Crippen LogP contribution is -2.45. The van der Waals surface area contributed by atoms with E-state index in [0.29, 0.717) is 29.8 Å². The highest BCUT2D eigenvalue weighted by Gasteiger charge is 2.34. The average Bonchev–Trinajstić information content (AvgIpc) is 2.83. The number of anilines is 1. The van der Waals surface area contributed by atoms with E-state index in [1.165, 1.54) is 29.6 Å². The third kappa shape index (κ3) is 6.28. The Morgan fingerprint density at radius 1 is 1.09 bits per heavy atom. The molecule has 1 N–H and O–H groups in total. The molecule has 1 fully saturated rings. The number of nitrogens with zero attached hydrogens (tertiary/aromatic N) is 1. The van der Waals surface area contributed by atoms with Crippen LogP contribution in [0.4, 0.5) is 5.69 Å². The zero-order valence-corrected chi connectivity index (χ0v) is 20.8. The number of halogens is 1. The Labute approximate surface area is 205 Å². The minimum Gasteiger partial charge on any atom is -0.495 e. The van der Waals surface area contributed by atoms with Crippen LogP contribution in [0.3, 0.4) is 0 Å². The third-order valence-corrected chi connectivity index (χ3v) is 7.88. The number of nitrogens with one attached hydrogen (secondary N) is 1. The fourth-order valence-corrected chi connectivity index (χ4v) is 5.96. The summed E-state index contributed by atoms with van der Waals surface area (Å²) in [6.45, 7) is 1.65. The average molecular weight is 509 g/mol. The number of benzene rings is 2. The fourth-order valence-electron chi connectivity index (χ4n) is 3.97. The van der Waals surface area contributed by atoms with Gasteiger partial charge >= 0.3 is 5.97 Å². The standard InChI is InChI=1S/C24H29ClN2O6S/c1-3-33-24(29)17-9-11-18(12-10-17)26-23(28)16-27(19-7-5-4-6-8-19)34(30,31)20-13-14-22(32-2)21(25)15-20/h9-15,19H,3-8,16H2,1-2H3,(H,26,28). The van der Waals surface area contributed by atoms with Crippen molar-refractivity contribution in [2.24, 2.45) is 0 Å². The van der Waals surface area contributed by atoms with Crippen molar-refractivity contribution in [3.63, 3.8) is 0 Å². The smallest absolute Gasteiger partial charge is 0.338 e. The van der Waals surface area contributed by atoms with Gasteiger partial charge in [0, 0.05) is 11.7 Å². The summed E-state index contributed by atoms with van der Waals surface area (Å²) in [4.78, 5) is 24.7. The van der Waals surface area contributed by atoms with Gasteiger partial charge in [-0.15, -0.1) is 0 Å². The highest BCUT2D eigenvalue weighted by Crippen LogP contribution is 2.32. The van der Waals surface area contributed by atoms with Crippen molar-refractivity contribution >= 4 is 39.2 Å². The molecule has 0 heterocycles. The normalized spacial score (nSPS) is 14.6. The van der Waals surface area contributed by atoms with Gasteiger partial charge in [0.2, 0.25) is 15.9 Å². The molecule has 2 aromatic rings. The molecule has 10 heteroatoms. The number of rotatable bonds is 9. The summed E-state index contributed by atoms with van der Waals surface area (Å²) in [5.74, 6) is -0.556. The molecule has 0 saturated heterocycles. The number of sulfonamides is 1. The predicted molar refractivity (Wildman–Crippen MR) is 130 cm³/mol. The molecular formula is C24H29ClN2O6S. The SMILES string of the molecule is CCOC(=O)c1ccc(NC(=O)CN(C2CCCCC2)S(=O)(=O)c2ccc(OC)c(Cl)c2)cc1. The van der Waals surface area contributed by atoms with E-state index >= 15 is 0 Å². The van der Waals surface area contributed by atoms with E-state index in [9.17, 15) is 18.0 Å². The summed E-state index contributed by atoms with van der Waals surface area (Å²) in [7, 11) is -2.54. The Kier molecular flexibility index (Phi) is 8.93. The minimum absolute atomic E-state index is 0.00969. The highest BCUT2D eigenvalue weighted by molar-refractivity contribution is 7.89. The number of carbonyl (C=O) groups is 2. The Morgan fingerprint density at radius 3 is 2.35 bits per heavy atom. The minimum atomic E-state index is -3.99. The van der Waals surface area contributed by atoms with Crippen LogP contribution in [0, 0.1) is 0 Å². The molecule has 1 aliphatic carbocycles. The van der Waals surface area contributed by atoms with Gasteiger partial charge in [0.05, 0.1) is 35.7 Å². The van der Waals surface area contributed by atoms with E-state index in [1.54, 1.807) is 31.2 Å². The third-order valence-electron chi connectivity index (χ3n) is 5.69. The van der Waals surface area contributed by atoms with Crippen molar-refractivity contribution in [2.45, 2.75) is 50.0 Å². The number of hydrogen-bond acceptors (Lipinski definition) is 6. The second kappa shape index (κ2) is 11.7. The van der Waals surface area contributed by atoms with Gasteiger partial charge < -0.3 is 14.8 Å². The first kappa shape index (κ1) is 26.0. The zero-order chi connectivity index (χ0) is 24.7. The molecule has 0 unspecified atom stereocenters. The van der Waals surface area contributed by atoms with E-state index in [4.69, 9.17) is 21.1 Å². The van der Waals surface area contributed by atoms with Gasteiger partial charge in [-0.1, -0.05) is 30.9 Å². The maximum Gasteiger partial charge on any atom is 0.338 e. The Morgan fingerprint density at radius 2 is 1.76 bits per heavy atom. The van der Waals surface area contributed by atoms with Crippen molar-refractivity contribution < 1.29 is 27.5 Å². The van der Waals surface area contributed by atoms with E-state index in [-0.39, 0.29) is 29.1 Å². The second-order valence-electron chi connectivity index (χ2n) is 7.98. The van der Waals surface area contributed by atoms with Gasteiger partial charge in [-0.3, -0.25) is 4.79 Å². The first-order valence-corrected chi connectivity index (χ1v) is 13.0. The summed E-state index contributed by atoms with van der Waals surface area (Å²) in [6, 6.07) is 10.2. The largest absolute Gasteiger partial charge is 0.495 e. The molecule has 0 bridgehead atoms. The molecule has 0 radical (unpaired) electrons. The molecule has 0 aliphatic heterocycles. The van der Waals surface area contributed by atoms with Gasteiger partial charge in [-0.25, -0.2) is 13.2 Å². The molecule has 0 spiro atoms. The van der Waals surface area contributed by atoms with Crippen LogP contribution >= 0.6 is 11.6 Å². The molecule has 1 aliphatic rings. The van der Waals surface area contributed by atoms with Crippen LogP contribution in [0.5, 0.6) is 5.75 Å². The molecule has 3 rings (SSSR count). The van der Waals surface area contributed by atoms with Crippen LogP contribution in [0.25, 0.3) is 0 Å². The lowest BCUT2D eigenvalue weighted by molar-refractivity contribution is -0.116. The van der Waals surface area contributed by atoms with Gasteiger partial charge in [0.1, 0.15) is 5.75 Å². The van der Waals surface area contributed by atoms with Gasteiger partial charge in [0.15, 0.2) is 0 Å². The number of methoxy groups -OCH3 is 1. The van der Waals surface area contributed by atoms with Crippen molar-refractivity contribution in [3.8, 4) is 5.75 Å². The van der Waals surface area contributed by atoms with E-state index in [0.717, 1.165) is 19.3 Å². The molecule has 1 saturated carbocycles. The Balaban J connectivity index is 1.80. The van der Waals surface area contributed by atoms with E-state index in [2.05, 4.69) is 5.32 Å². The van der Waals surface area contributed by atoms with E-state index in [1.807, 2.05) is 0 Å². The summed E-state index contributed by atoms with van der Waals surface area (Å²) in [5.41, 5.74) is 0.814. The fraction of sp³-hybridized carbons (Fsp3) is 0.417. The van der Waals surface area contributed by atoms with Crippen LogP contribution in [0.1, 0.15) is 49.4 Å². The zero-order valence-electron chi connectivity index (χ0n) is 19.3. The van der Waals surface area contributed by atoms with Crippen molar-refractivity contribution in [1.29, 1.82) is 0 Å². The van der Waals surface area contributed by atoms with Crippen molar-refractivity contribution in [3.05, 3.63) is 53.1 Å². The van der Waals surface area contributed by atoms with Crippen LogP contribution in [0.2, 0.25) is 5.02 Å². The lowest BCUT2D eigenvalue weighted by Gasteiger charge is -2.33. The molecule has 0 atom stereocenters. The van der Waals surface area contributed by atoms with Crippen molar-refractivity contribution in [2.75, 3.05) is 25.6 Å². The molecule has 0 aromatic heterocycles. The van der Waals surface area contributed by atoms with Crippen LogP contribution in [0.15, 0.2) is 47.4 Å². The van der Waals surface area contributed by atoms with Gasteiger partial charge in [0.25, 0.3) is 0 Å². The summed E-state index contributed by atoms with van der Waals surface area (Å²) >= 11 is 6.17. The van der Waals surface area contributed by atoms with Crippen molar-refractivity contribution in [1.82, 2.24) is 4.31 Å². The number of amides is 1. The quantitative estimate of drug-likeness (QED) is 0.501. The highest BCUT2D eigenvalue weighted by atomic mass is 35.5. The van der Waals surface area contributed by atoms with Crippen LogP contribution in [-0.2, 0) is 19.6 Å². The number of esters is 1. The number of carbonyl (C=O) groups excluding carboxylic acids is 2. The monoisotopic (exact) mass is 508 g/mol.